The van der Waals surface area contributed by atoms with Crippen LogP contribution in [-0.2, 0) is 4.79 Å². The normalized spacial score (nSPS) is 4.17. The third-order valence-corrected chi connectivity index (χ3v) is 0. The molecule has 0 aromatic heterocycles. The molecule has 0 N–H and O–H groups in total. The van der Waals surface area contributed by atoms with Crippen LogP contribution in [0.5, 0.6) is 0 Å². The van der Waals surface area contributed by atoms with Gasteiger partial charge in [0.1, 0.15) is 0 Å². The standard InChI is InChI=1S/C2H4O2.ClH.Na/c1-2(3)4;;/h1H3,(H,3,4);1H;/q;;+1/p-2. The molecule has 0 spiro atoms. The van der Waals surface area contributed by atoms with Crippen molar-refractivity contribution in [2.24, 2.45) is 0 Å². The van der Waals surface area contributed by atoms with E-state index in [0.29, 0.717) is 0 Å². The fraction of sp³-hybridized carbons (Fsp3) is 0.500. The molecule has 0 aliphatic carbocycles. The molecule has 6 heavy (non-hydrogen) atoms. The van der Waals surface area contributed by atoms with Gasteiger partial charge in [0, 0.05) is 5.97 Å². The molecule has 0 fully saturated rings. The predicted octanol–water partition coefficient (Wildman–Crippen LogP) is -7.24. The van der Waals surface area contributed by atoms with Gasteiger partial charge in [-0.2, -0.15) is 0 Å². The second-order valence-corrected chi connectivity index (χ2v) is 0.492. The van der Waals surface area contributed by atoms with Crippen LogP contribution in [0.4, 0.5) is 0 Å². The van der Waals surface area contributed by atoms with E-state index in [9.17, 15) is 0 Å². The van der Waals surface area contributed by atoms with Crippen molar-refractivity contribution in [2.75, 3.05) is 0 Å². The minimum Gasteiger partial charge on any atom is -1.00 e. The van der Waals surface area contributed by atoms with E-state index < -0.39 is 5.97 Å². The van der Waals surface area contributed by atoms with Crippen LogP contribution in [0.2, 0.25) is 0 Å². The second-order valence-electron chi connectivity index (χ2n) is 0.492. The molecule has 0 saturated carbocycles. The fourth-order valence-corrected chi connectivity index (χ4v) is 0. The van der Waals surface area contributed by atoms with Crippen LogP contribution in [0.1, 0.15) is 6.92 Å². The van der Waals surface area contributed by atoms with Gasteiger partial charge in [-0.15, -0.1) is 0 Å². The number of aliphatic carboxylic acids is 1. The van der Waals surface area contributed by atoms with E-state index in [-0.39, 0.29) is 42.0 Å². The minimum absolute atomic E-state index is 0. The zero-order valence-corrected chi connectivity index (χ0v) is 6.45. The Kier molecular flexibility index (Phi) is 24.4. The van der Waals surface area contributed by atoms with E-state index in [1.165, 1.54) is 0 Å². The Morgan fingerprint density at radius 3 is 1.67 bits per heavy atom. The summed E-state index contributed by atoms with van der Waals surface area (Å²) in [6.07, 6.45) is 0. The van der Waals surface area contributed by atoms with Gasteiger partial charge >= 0.3 is 29.6 Å². The fourth-order valence-electron chi connectivity index (χ4n) is 0. The molecule has 0 aromatic rings. The molecular formula is C2H3ClNaO2-. The average Bonchev–Trinajstić information content (AvgIpc) is 0.811. The third-order valence-electron chi connectivity index (χ3n) is 0. The third kappa shape index (κ3) is 117. The number of carboxylic acid groups (broad SMARTS) is 1. The van der Waals surface area contributed by atoms with Gasteiger partial charge in [-0.25, -0.2) is 0 Å². The van der Waals surface area contributed by atoms with Crippen LogP contribution >= 0.6 is 0 Å². The molecule has 0 rings (SSSR count). The number of rotatable bonds is 0. The smallest absolute Gasteiger partial charge is 1.00 e. The molecule has 0 aromatic carbocycles. The topological polar surface area (TPSA) is 40.1 Å². The van der Waals surface area contributed by atoms with Crippen LogP contribution < -0.4 is 47.1 Å². The summed E-state index contributed by atoms with van der Waals surface area (Å²) in [5.41, 5.74) is 0. The molecule has 0 aliphatic heterocycles. The average molecular weight is 117 g/mol. The van der Waals surface area contributed by atoms with Crippen molar-refractivity contribution in [3.05, 3.63) is 0 Å². The number of carbonyl (C=O) groups excluding carboxylic acids is 1. The van der Waals surface area contributed by atoms with Crippen molar-refractivity contribution in [3.8, 4) is 0 Å². The molecule has 0 radical (unpaired) electrons. The largest absolute Gasteiger partial charge is 1.00 e. The summed E-state index contributed by atoms with van der Waals surface area (Å²) in [5.74, 6) is -1.08. The summed E-state index contributed by atoms with van der Waals surface area (Å²) in [6, 6.07) is 0. The van der Waals surface area contributed by atoms with Gasteiger partial charge in [0.2, 0.25) is 0 Å². The van der Waals surface area contributed by atoms with Gasteiger partial charge in [0.25, 0.3) is 0 Å². The Labute approximate surface area is 64.6 Å². The maximum Gasteiger partial charge on any atom is 1.00 e. The van der Waals surface area contributed by atoms with Gasteiger partial charge in [-0.3, -0.25) is 0 Å². The first-order chi connectivity index (χ1) is 1.73. The predicted molar refractivity (Wildman–Crippen MR) is 10.7 cm³/mol. The Morgan fingerprint density at radius 2 is 1.67 bits per heavy atom. The first-order valence-electron chi connectivity index (χ1n) is 0.908. The molecule has 0 bridgehead atoms. The molecule has 0 heterocycles. The van der Waals surface area contributed by atoms with Crippen molar-refractivity contribution in [1.29, 1.82) is 0 Å². The van der Waals surface area contributed by atoms with Crippen LogP contribution in [0.25, 0.3) is 0 Å². The van der Waals surface area contributed by atoms with E-state index in [0.717, 1.165) is 6.92 Å². The van der Waals surface area contributed by atoms with E-state index in [2.05, 4.69) is 0 Å². The van der Waals surface area contributed by atoms with E-state index in [1.807, 2.05) is 0 Å². The number of carboxylic acids is 1. The quantitative estimate of drug-likeness (QED) is 0.296. The van der Waals surface area contributed by atoms with E-state index >= 15 is 0 Å². The molecule has 4 heteroatoms. The van der Waals surface area contributed by atoms with E-state index in [4.69, 9.17) is 9.90 Å². The van der Waals surface area contributed by atoms with Gasteiger partial charge < -0.3 is 22.3 Å². The number of hydrogen-bond donors (Lipinski definition) is 0. The van der Waals surface area contributed by atoms with Crippen LogP contribution in [0, 0.1) is 0 Å². The Morgan fingerprint density at radius 1 is 1.67 bits per heavy atom. The molecule has 32 valence electrons. The zero-order valence-electron chi connectivity index (χ0n) is 3.69. The summed E-state index contributed by atoms with van der Waals surface area (Å²) in [7, 11) is 0. The van der Waals surface area contributed by atoms with Crippen molar-refractivity contribution >= 4 is 5.97 Å². The molecule has 0 atom stereocenters. The molecular weight excluding hydrogens is 114 g/mol. The number of hydrogen-bond acceptors (Lipinski definition) is 2. The summed E-state index contributed by atoms with van der Waals surface area (Å²) < 4.78 is 0. The Balaban J connectivity index is -0.0000000450. The second kappa shape index (κ2) is 9.23. The molecule has 0 amide bonds. The first kappa shape index (κ1) is 15.9. The van der Waals surface area contributed by atoms with E-state index in [1.54, 1.807) is 0 Å². The molecule has 0 unspecified atom stereocenters. The summed E-state index contributed by atoms with van der Waals surface area (Å²) in [6.45, 7) is 0.972. The zero-order chi connectivity index (χ0) is 3.58. The summed E-state index contributed by atoms with van der Waals surface area (Å²) in [4.78, 5) is 8.89. The van der Waals surface area contributed by atoms with Gasteiger partial charge in [0.05, 0.1) is 0 Å². The Hall–Kier alpha value is 0.760. The molecule has 0 aliphatic rings. The maximum atomic E-state index is 8.89. The molecule has 0 saturated heterocycles. The summed E-state index contributed by atoms with van der Waals surface area (Å²) >= 11 is 0. The number of halogens is 1. The van der Waals surface area contributed by atoms with Crippen LogP contribution in [0.15, 0.2) is 0 Å². The summed E-state index contributed by atoms with van der Waals surface area (Å²) in [5, 5.41) is 8.89. The van der Waals surface area contributed by atoms with Crippen molar-refractivity contribution < 1.29 is 51.9 Å². The Bertz CT molecular complexity index is 34.5. The van der Waals surface area contributed by atoms with Crippen molar-refractivity contribution in [3.63, 3.8) is 0 Å². The SMILES string of the molecule is CC(=O)[O-].[Cl-].[Na+]. The monoisotopic (exact) mass is 117 g/mol. The molecule has 2 nitrogen and oxygen atoms in total. The van der Waals surface area contributed by atoms with Gasteiger partial charge in [-0.1, -0.05) is 0 Å². The minimum atomic E-state index is -1.08. The van der Waals surface area contributed by atoms with Gasteiger partial charge in [0.15, 0.2) is 0 Å². The first-order valence-corrected chi connectivity index (χ1v) is 0.908. The maximum absolute atomic E-state index is 8.89. The van der Waals surface area contributed by atoms with Crippen molar-refractivity contribution in [1.82, 2.24) is 0 Å². The number of carbonyl (C=O) groups is 1. The van der Waals surface area contributed by atoms with Crippen molar-refractivity contribution in [2.45, 2.75) is 6.92 Å². The van der Waals surface area contributed by atoms with Crippen LogP contribution in [0.3, 0.4) is 0 Å². The van der Waals surface area contributed by atoms with Gasteiger partial charge in [-0.05, 0) is 6.92 Å². The van der Waals surface area contributed by atoms with Crippen LogP contribution in [-0.4, -0.2) is 5.97 Å².